The van der Waals surface area contributed by atoms with Gasteiger partial charge in [-0.2, -0.15) is 0 Å². The fourth-order valence-corrected chi connectivity index (χ4v) is 5.31. The van der Waals surface area contributed by atoms with Gasteiger partial charge in [-0.05, 0) is 50.4 Å². The fourth-order valence-electron chi connectivity index (χ4n) is 5.31. The summed E-state index contributed by atoms with van der Waals surface area (Å²) in [5.74, 6) is 1.93. The van der Waals surface area contributed by atoms with E-state index in [1.807, 2.05) is 0 Å². The summed E-state index contributed by atoms with van der Waals surface area (Å²) in [6.45, 7) is 4.09. The maximum atomic E-state index is 12.9. The summed E-state index contributed by atoms with van der Waals surface area (Å²) in [7, 11) is 0. The molecule has 3 aliphatic carbocycles. The predicted octanol–water partition coefficient (Wildman–Crippen LogP) is 1.84. The van der Waals surface area contributed by atoms with Crippen LogP contribution in [0, 0.1) is 17.8 Å². The summed E-state index contributed by atoms with van der Waals surface area (Å²) in [6.07, 6.45) is 10.1. The van der Waals surface area contributed by atoms with Crippen LogP contribution in [0.2, 0.25) is 0 Å². The Labute approximate surface area is 134 Å². The van der Waals surface area contributed by atoms with Gasteiger partial charge in [-0.25, -0.2) is 0 Å². The molecule has 0 aromatic rings. The van der Waals surface area contributed by atoms with E-state index in [1.165, 1.54) is 38.5 Å². The number of hydrogen-bond acceptors (Lipinski definition) is 3. The van der Waals surface area contributed by atoms with E-state index < -0.39 is 0 Å². The molecule has 1 heterocycles. The number of rotatable bonds is 2. The molecule has 0 aromatic heterocycles. The zero-order valence-electron chi connectivity index (χ0n) is 13.8. The molecule has 4 fully saturated rings. The molecule has 2 unspecified atom stereocenters. The Bertz CT molecular complexity index is 401. The van der Waals surface area contributed by atoms with Gasteiger partial charge in [0.15, 0.2) is 0 Å². The van der Waals surface area contributed by atoms with Gasteiger partial charge in [0.25, 0.3) is 0 Å². The fraction of sp³-hybridized carbons (Fsp3) is 0.944. The van der Waals surface area contributed by atoms with E-state index in [2.05, 4.69) is 9.80 Å². The molecule has 1 amide bonds. The number of fused-ring (bicyclic) bond motifs is 2. The molecule has 22 heavy (non-hydrogen) atoms. The maximum Gasteiger partial charge on any atom is 0.225 e. The van der Waals surface area contributed by atoms with Crippen molar-refractivity contribution in [1.29, 1.82) is 0 Å². The number of amides is 1. The first-order valence-electron chi connectivity index (χ1n) is 9.51. The van der Waals surface area contributed by atoms with E-state index in [-0.39, 0.29) is 5.92 Å². The molecule has 2 bridgehead atoms. The van der Waals surface area contributed by atoms with Gasteiger partial charge in [0.05, 0.1) is 0 Å². The molecule has 3 saturated carbocycles. The molecule has 0 radical (unpaired) electrons. The molecule has 2 N–H and O–H groups in total. The van der Waals surface area contributed by atoms with Crippen molar-refractivity contribution in [3.8, 4) is 0 Å². The summed E-state index contributed by atoms with van der Waals surface area (Å²) < 4.78 is 0. The Morgan fingerprint density at radius 2 is 1.45 bits per heavy atom. The number of carbonyl (C=O) groups is 1. The van der Waals surface area contributed by atoms with Crippen LogP contribution in [0.4, 0.5) is 0 Å². The third-order valence-corrected chi connectivity index (χ3v) is 6.98. The summed E-state index contributed by atoms with van der Waals surface area (Å²) >= 11 is 0. The molecule has 4 aliphatic rings. The average Bonchev–Trinajstić information content (AvgIpc) is 2.45. The molecule has 0 aromatic carbocycles. The van der Waals surface area contributed by atoms with Crippen LogP contribution in [0.5, 0.6) is 0 Å². The van der Waals surface area contributed by atoms with Gasteiger partial charge in [0.1, 0.15) is 0 Å². The standard InChI is InChI=1S/C18H31N3O/c19-17-13-3-1-4-14(17)12-15(11-13)18(22)21-9-7-20(8-10-21)16-5-2-6-16/h13-17H,1-12,19H2. The van der Waals surface area contributed by atoms with Crippen LogP contribution in [-0.4, -0.2) is 54.0 Å². The Balaban J connectivity index is 1.32. The highest BCUT2D eigenvalue weighted by Crippen LogP contribution is 2.42. The van der Waals surface area contributed by atoms with Crippen molar-refractivity contribution >= 4 is 5.91 Å². The smallest absolute Gasteiger partial charge is 0.225 e. The van der Waals surface area contributed by atoms with Gasteiger partial charge in [-0.1, -0.05) is 12.8 Å². The number of piperazine rings is 1. The highest BCUT2D eigenvalue weighted by Gasteiger charge is 2.42. The zero-order chi connectivity index (χ0) is 15.1. The number of carbonyl (C=O) groups excluding carboxylic acids is 1. The molecule has 1 aliphatic heterocycles. The predicted molar refractivity (Wildman–Crippen MR) is 87.3 cm³/mol. The Hall–Kier alpha value is -0.610. The first-order chi connectivity index (χ1) is 10.7. The van der Waals surface area contributed by atoms with Crippen LogP contribution < -0.4 is 5.73 Å². The molecule has 4 heteroatoms. The van der Waals surface area contributed by atoms with E-state index in [4.69, 9.17) is 5.73 Å². The molecule has 4 rings (SSSR count). The quantitative estimate of drug-likeness (QED) is 0.847. The third kappa shape index (κ3) is 2.69. The molecule has 1 saturated heterocycles. The van der Waals surface area contributed by atoms with Crippen LogP contribution in [0.3, 0.4) is 0 Å². The Morgan fingerprint density at radius 1 is 0.864 bits per heavy atom. The monoisotopic (exact) mass is 305 g/mol. The molecule has 2 atom stereocenters. The minimum absolute atomic E-state index is 0.269. The molecule has 0 spiro atoms. The summed E-state index contributed by atoms with van der Waals surface area (Å²) in [5, 5.41) is 0. The molecule has 4 nitrogen and oxygen atoms in total. The summed E-state index contributed by atoms with van der Waals surface area (Å²) in [5.41, 5.74) is 6.37. The number of nitrogens with zero attached hydrogens (tertiary/aromatic N) is 2. The second-order valence-electron chi connectivity index (χ2n) is 8.14. The Morgan fingerprint density at radius 3 is 2.00 bits per heavy atom. The van der Waals surface area contributed by atoms with Crippen molar-refractivity contribution in [2.75, 3.05) is 26.2 Å². The van der Waals surface area contributed by atoms with Gasteiger partial charge in [-0.15, -0.1) is 0 Å². The number of hydrogen-bond donors (Lipinski definition) is 1. The van der Waals surface area contributed by atoms with E-state index in [0.29, 0.717) is 23.8 Å². The maximum absolute atomic E-state index is 12.9. The highest BCUT2D eigenvalue weighted by molar-refractivity contribution is 5.79. The first-order valence-corrected chi connectivity index (χ1v) is 9.51. The van der Waals surface area contributed by atoms with Crippen molar-refractivity contribution in [3.63, 3.8) is 0 Å². The van der Waals surface area contributed by atoms with Gasteiger partial charge in [-0.3, -0.25) is 9.69 Å². The van der Waals surface area contributed by atoms with Crippen molar-refractivity contribution < 1.29 is 4.79 Å². The zero-order valence-corrected chi connectivity index (χ0v) is 13.8. The highest BCUT2D eigenvalue weighted by atomic mass is 16.2. The lowest BCUT2D eigenvalue weighted by Gasteiger charge is -2.46. The largest absolute Gasteiger partial charge is 0.340 e. The lowest BCUT2D eigenvalue weighted by Crippen LogP contribution is -2.56. The summed E-state index contributed by atoms with van der Waals surface area (Å²) in [6, 6.07) is 1.19. The van der Waals surface area contributed by atoms with Crippen LogP contribution in [0.1, 0.15) is 51.4 Å². The van der Waals surface area contributed by atoms with E-state index in [0.717, 1.165) is 45.1 Å². The van der Waals surface area contributed by atoms with Gasteiger partial charge in [0, 0.05) is 44.2 Å². The van der Waals surface area contributed by atoms with E-state index in [9.17, 15) is 4.79 Å². The third-order valence-electron chi connectivity index (χ3n) is 6.98. The van der Waals surface area contributed by atoms with Gasteiger partial charge < -0.3 is 10.6 Å². The van der Waals surface area contributed by atoms with Crippen molar-refractivity contribution in [2.24, 2.45) is 23.5 Å². The summed E-state index contributed by atoms with van der Waals surface area (Å²) in [4.78, 5) is 17.7. The lowest BCUT2D eigenvalue weighted by atomic mass is 9.65. The molecular weight excluding hydrogens is 274 g/mol. The van der Waals surface area contributed by atoms with Crippen LogP contribution in [0.15, 0.2) is 0 Å². The first kappa shape index (κ1) is 14.9. The van der Waals surface area contributed by atoms with E-state index in [1.54, 1.807) is 0 Å². The van der Waals surface area contributed by atoms with Crippen LogP contribution in [0.25, 0.3) is 0 Å². The van der Waals surface area contributed by atoms with Crippen LogP contribution in [-0.2, 0) is 4.79 Å². The van der Waals surface area contributed by atoms with Crippen LogP contribution >= 0.6 is 0 Å². The topological polar surface area (TPSA) is 49.6 Å². The lowest BCUT2D eigenvalue weighted by molar-refractivity contribution is -0.141. The van der Waals surface area contributed by atoms with Gasteiger partial charge >= 0.3 is 0 Å². The molecular formula is C18H31N3O. The van der Waals surface area contributed by atoms with Crippen molar-refractivity contribution in [1.82, 2.24) is 9.80 Å². The Kier molecular flexibility index (Phi) is 4.16. The molecule has 124 valence electrons. The minimum Gasteiger partial charge on any atom is -0.340 e. The number of nitrogens with two attached hydrogens (primary N) is 1. The van der Waals surface area contributed by atoms with E-state index >= 15 is 0 Å². The van der Waals surface area contributed by atoms with Gasteiger partial charge in [0.2, 0.25) is 5.91 Å². The minimum atomic E-state index is 0.269. The second-order valence-corrected chi connectivity index (χ2v) is 8.14. The van der Waals surface area contributed by atoms with Crippen molar-refractivity contribution in [2.45, 2.75) is 63.5 Å². The van der Waals surface area contributed by atoms with Crippen molar-refractivity contribution in [3.05, 3.63) is 0 Å². The second kappa shape index (κ2) is 6.12. The normalized spacial score (nSPS) is 40.3. The SMILES string of the molecule is NC1C2CCCC1CC(C(=O)N1CCN(C3CCC3)CC1)C2. The average molecular weight is 305 g/mol.